The lowest BCUT2D eigenvalue weighted by Crippen LogP contribution is -2.29. The predicted molar refractivity (Wildman–Crippen MR) is 64.5 cm³/mol. The van der Waals surface area contributed by atoms with E-state index < -0.39 is 5.97 Å². The van der Waals surface area contributed by atoms with E-state index in [1.54, 1.807) is 24.1 Å². The lowest BCUT2D eigenvalue weighted by molar-refractivity contribution is -0.116. The quantitative estimate of drug-likeness (QED) is 0.700. The number of methoxy groups -OCH3 is 1. The van der Waals surface area contributed by atoms with E-state index in [0.717, 1.165) is 24.1 Å². The molecule has 3 rings (SSSR count). The number of nitrogens with zero attached hydrogens (tertiary/aromatic N) is 2. The van der Waals surface area contributed by atoms with Gasteiger partial charge in [-0.3, -0.25) is 4.79 Å². The summed E-state index contributed by atoms with van der Waals surface area (Å²) in [5.41, 5.74) is 2.25. The maximum absolute atomic E-state index is 11.7. The molecule has 0 bridgehead atoms. The van der Waals surface area contributed by atoms with Gasteiger partial charge in [-0.05, 0) is 18.9 Å². The van der Waals surface area contributed by atoms with E-state index in [-0.39, 0.29) is 17.0 Å². The Morgan fingerprint density at radius 3 is 2.72 bits per heavy atom. The number of hydrogen-bond donors (Lipinski definition) is 0. The van der Waals surface area contributed by atoms with E-state index >= 15 is 0 Å². The molecule has 2 aliphatic rings. The monoisotopic (exact) mass is 246 g/mol. The predicted octanol–water partition coefficient (Wildman–Crippen LogP) is 1.27. The van der Waals surface area contributed by atoms with Gasteiger partial charge < -0.3 is 9.64 Å². The Morgan fingerprint density at radius 1 is 1.44 bits per heavy atom. The van der Waals surface area contributed by atoms with Crippen molar-refractivity contribution in [3.63, 3.8) is 0 Å². The number of amides is 1. The van der Waals surface area contributed by atoms with Crippen molar-refractivity contribution >= 4 is 17.6 Å². The number of esters is 1. The maximum atomic E-state index is 11.7. The minimum atomic E-state index is -0.474. The molecule has 0 aromatic carbocycles. The van der Waals surface area contributed by atoms with Crippen molar-refractivity contribution in [1.82, 2.24) is 4.98 Å². The highest BCUT2D eigenvalue weighted by Gasteiger charge is 2.53. The van der Waals surface area contributed by atoms with E-state index in [1.807, 2.05) is 0 Å². The van der Waals surface area contributed by atoms with Crippen LogP contribution in [0.4, 0.5) is 5.69 Å². The van der Waals surface area contributed by atoms with Crippen LogP contribution in [0.3, 0.4) is 0 Å². The Hall–Kier alpha value is -1.91. The zero-order valence-corrected chi connectivity index (χ0v) is 10.4. The summed E-state index contributed by atoms with van der Waals surface area (Å²) in [5, 5.41) is 0. The van der Waals surface area contributed by atoms with Gasteiger partial charge in [-0.2, -0.15) is 0 Å². The first-order chi connectivity index (χ1) is 8.57. The molecule has 1 aromatic rings. The number of ether oxygens (including phenoxy) is 1. The molecule has 0 saturated heterocycles. The second-order valence-electron chi connectivity index (χ2n) is 4.96. The molecule has 2 heterocycles. The summed E-state index contributed by atoms with van der Waals surface area (Å²) in [6.07, 6.45) is 3.89. The molecule has 18 heavy (non-hydrogen) atoms. The lowest BCUT2D eigenvalue weighted by Gasteiger charge is -2.15. The number of pyridine rings is 1. The van der Waals surface area contributed by atoms with E-state index in [0.29, 0.717) is 6.54 Å². The lowest BCUT2D eigenvalue weighted by atomic mass is 10.0. The molecule has 1 saturated carbocycles. The Balaban J connectivity index is 2.08. The van der Waals surface area contributed by atoms with Crippen molar-refractivity contribution in [3.05, 3.63) is 23.5 Å². The van der Waals surface area contributed by atoms with Crippen LogP contribution in [0.25, 0.3) is 0 Å². The van der Waals surface area contributed by atoms with Gasteiger partial charge in [-0.25, -0.2) is 9.78 Å². The van der Waals surface area contributed by atoms with Gasteiger partial charge in [0.05, 0.1) is 12.8 Å². The average molecular weight is 246 g/mol. The Morgan fingerprint density at radius 2 is 2.17 bits per heavy atom. The SMILES string of the molecule is COC(=O)c1cc2c(cn1)C1(CC1)CN2C(C)=O. The number of hydrogen-bond acceptors (Lipinski definition) is 4. The normalized spacial score (nSPS) is 18.7. The number of carbonyl (C=O) groups excluding carboxylic acids is 2. The van der Waals surface area contributed by atoms with Crippen LogP contribution in [-0.2, 0) is 14.9 Å². The number of carbonyl (C=O) groups is 2. The molecule has 94 valence electrons. The van der Waals surface area contributed by atoms with E-state index in [9.17, 15) is 9.59 Å². The molecule has 1 aliphatic carbocycles. The fourth-order valence-electron chi connectivity index (χ4n) is 2.63. The molecule has 1 amide bonds. The fraction of sp³-hybridized carbons (Fsp3) is 0.462. The van der Waals surface area contributed by atoms with Gasteiger partial charge in [-0.1, -0.05) is 0 Å². The molecule has 5 heteroatoms. The largest absolute Gasteiger partial charge is 0.464 e. The molecule has 1 fully saturated rings. The van der Waals surface area contributed by atoms with Crippen molar-refractivity contribution in [2.75, 3.05) is 18.6 Å². The van der Waals surface area contributed by atoms with Crippen molar-refractivity contribution in [1.29, 1.82) is 0 Å². The van der Waals surface area contributed by atoms with Crippen molar-refractivity contribution < 1.29 is 14.3 Å². The molecule has 1 spiro atoms. The van der Waals surface area contributed by atoms with Crippen LogP contribution in [0.15, 0.2) is 12.3 Å². The van der Waals surface area contributed by atoms with Crippen LogP contribution in [0.2, 0.25) is 0 Å². The van der Waals surface area contributed by atoms with Gasteiger partial charge in [0.15, 0.2) is 0 Å². The van der Waals surface area contributed by atoms with Gasteiger partial charge in [0, 0.05) is 30.6 Å². The first-order valence-electron chi connectivity index (χ1n) is 5.94. The number of anilines is 1. The first kappa shape index (κ1) is 11.2. The number of fused-ring (bicyclic) bond motifs is 2. The summed E-state index contributed by atoms with van der Waals surface area (Å²) >= 11 is 0. The zero-order chi connectivity index (χ0) is 12.9. The number of aromatic nitrogens is 1. The van der Waals surface area contributed by atoms with Crippen LogP contribution in [0.5, 0.6) is 0 Å². The maximum Gasteiger partial charge on any atom is 0.356 e. The fourth-order valence-corrected chi connectivity index (χ4v) is 2.63. The van der Waals surface area contributed by atoms with Gasteiger partial charge in [-0.15, -0.1) is 0 Å². The number of rotatable bonds is 1. The molecular weight excluding hydrogens is 232 g/mol. The summed E-state index contributed by atoms with van der Waals surface area (Å²) in [6.45, 7) is 2.26. The second kappa shape index (κ2) is 3.54. The van der Waals surface area contributed by atoms with Crippen molar-refractivity contribution in [3.8, 4) is 0 Å². The van der Waals surface area contributed by atoms with Gasteiger partial charge in [0.2, 0.25) is 5.91 Å². The topological polar surface area (TPSA) is 59.5 Å². The van der Waals surface area contributed by atoms with Crippen LogP contribution in [0.1, 0.15) is 35.8 Å². The second-order valence-corrected chi connectivity index (χ2v) is 4.96. The summed E-state index contributed by atoms with van der Waals surface area (Å²) in [6, 6.07) is 1.66. The van der Waals surface area contributed by atoms with E-state index in [1.165, 1.54) is 7.11 Å². The van der Waals surface area contributed by atoms with Gasteiger partial charge >= 0.3 is 5.97 Å². The summed E-state index contributed by atoms with van der Waals surface area (Å²) < 4.78 is 4.65. The highest BCUT2D eigenvalue weighted by Crippen LogP contribution is 2.56. The third-order valence-electron chi connectivity index (χ3n) is 3.83. The standard InChI is InChI=1S/C13H14N2O3/c1-8(16)15-7-13(3-4-13)9-6-14-10(5-11(9)15)12(17)18-2/h5-6H,3-4,7H2,1-2H3. The van der Waals surface area contributed by atoms with Crippen LogP contribution in [-0.4, -0.2) is 30.5 Å². The Labute approximate surface area is 105 Å². The Kier molecular flexibility index (Phi) is 2.20. The molecule has 0 atom stereocenters. The van der Waals surface area contributed by atoms with Crippen molar-refractivity contribution in [2.24, 2.45) is 0 Å². The molecule has 5 nitrogen and oxygen atoms in total. The first-order valence-corrected chi connectivity index (χ1v) is 5.94. The summed E-state index contributed by atoms with van der Waals surface area (Å²) in [5.74, 6) is -0.472. The van der Waals surface area contributed by atoms with E-state index in [2.05, 4.69) is 9.72 Å². The minimum Gasteiger partial charge on any atom is -0.464 e. The minimum absolute atomic E-state index is 0.00189. The highest BCUT2D eigenvalue weighted by molar-refractivity contribution is 5.97. The summed E-state index contributed by atoms with van der Waals surface area (Å²) in [7, 11) is 1.32. The van der Waals surface area contributed by atoms with Gasteiger partial charge in [0.25, 0.3) is 0 Å². The van der Waals surface area contributed by atoms with Crippen LogP contribution in [0, 0.1) is 0 Å². The van der Waals surface area contributed by atoms with Crippen LogP contribution < -0.4 is 4.90 Å². The highest BCUT2D eigenvalue weighted by atomic mass is 16.5. The third-order valence-corrected chi connectivity index (χ3v) is 3.83. The Bertz CT molecular complexity index is 549. The molecule has 0 N–H and O–H groups in total. The molecular formula is C13H14N2O3. The average Bonchev–Trinajstić information content (AvgIpc) is 3.06. The smallest absolute Gasteiger partial charge is 0.356 e. The summed E-state index contributed by atoms with van der Waals surface area (Å²) in [4.78, 5) is 29.0. The van der Waals surface area contributed by atoms with E-state index in [4.69, 9.17) is 0 Å². The molecule has 1 aromatic heterocycles. The van der Waals surface area contributed by atoms with Crippen LogP contribution >= 0.6 is 0 Å². The van der Waals surface area contributed by atoms with Crippen molar-refractivity contribution in [2.45, 2.75) is 25.2 Å². The molecule has 1 aliphatic heterocycles. The zero-order valence-electron chi connectivity index (χ0n) is 10.4. The molecule has 0 radical (unpaired) electrons. The van der Waals surface area contributed by atoms with Gasteiger partial charge in [0.1, 0.15) is 5.69 Å². The molecule has 0 unspecified atom stereocenters. The third kappa shape index (κ3) is 1.43.